The molecule has 3 aromatic rings. The van der Waals surface area contributed by atoms with Gasteiger partial charge in [-0.1, -0.05) is 22.9 Å². The zero-order chi connectivity index (χ0) is 16.4. The van der Waals surface area contributed by atoms with Crippen molar-refractivity contribution in [3.63, 3.8) is 0 Å². The van der Waals surface area contributed by atoms with Gasteiger partial charge in [0.05, 0.1) is 12.4 Å². The SMILES string of the molecule is Cc1ccc(SCc2ccc(-c3nc([C@H]4CCOC4)no3)o2)cc1. The average Bonchev–Trinajstić information content (AvgIpc) is 3.33. The van der Waals surface area contributed by atoms with E-state index in [1.807, 2.05) is 12.1 Å². The maximum Gasteiger partial charge on any atom is 0.293 e. The Balaban J connectivity index is 1.41. The number of hydrogen-bond acceptors (Lipinski definition) is 6. The Morgan fingerprint density at radius 1 is 1.17 bits per heavy atom. The molecule has 24 heavy (non-hydrogen) atoms. The number of nitrogens with zero attached hydrogens (tertiary/aromatic N) is 2. The zero-order valence-corrected chi connectivity index (χ0v) is 14.2. The Morgan fingerprint density at radius 3 is 2.83 bits per heavy atom. The van der Waals surface area contributed by atoms with Crippen molar-refractivity contribution in [2.45, 2.75) is 29.9 Å². The van der Waals surface area contributed by atoms with E-state index in [1.54, 1.807) is 11.8 Å². The topological polar surface area (TPSA) is 61.3 Å². The summed E-state index contributed by atoms with van der Waals surface area (Å²) in [5, 5.41) is 4.05. The fourth-order valence-electron chi connectivity index (χ4n) is 2.60. The fourth-order valence-corrected chi connectivity index (χ4v) is 3.39. The van der Waals surface area contributed by atoms with Crippen LogP contribution in [0.15, 0.2) is 50.2 Å². The molecule has 1 saturated heterocycles. The predicted octanol–water partition coefficient (Wildman–Crippen LogP) is 4.43. The minimum absolute atomic E-state index is 0.231. The van der Waals surface area contributed by atoms with Crippen LogP contribution in [0.3, 0.4) is 0 Å². The third-order valence-corrected chi connectivity index (χ3v) is 5.05. The van der Waals surface area contributed by atoms with Gasteiger partial charge < -0.3 is 13.7 Å². The summed E-state index contributed by atoms with van der Waals surface area (Å²) in [6.07, 6.45) is 0.940. The van der Waals surface area contributed by atoms with Gasteiger partial charge in [0, 0.05) is 17.4 Å². The summed E-state index contributed by atoms with van der Waals surface area (Å²) in [4.78, 5) is 5.67. The molecule has 1 aliphatic heterocycles. The van der Waals surface area contributed by atoms with Crippen LogP contribution in [-0.4, -0.2) is 23.4 Å². The van der Waals surface area contributed by atoms with E-state index in [9.17, 15) is 0 Å². The molecule has 2 aromatic heterocycles. The van der Waals surface area contributed by atoms with Gasteiger partial charge in [0.1, 0.15) is 5.76 Å². The van der Waals surface area contributed by atoms with Crippen molar-refractivity contribution < 1.29 is 13.7 Å². The first kappa shape index (κ1) is 15.5. The van der Waals surface area contributed by atoms with Gasteiger partial charge in [-0.05, 0) is 37.6 Å². The summed E-state index contributed by atoms with van der Waals surface area (Å²) in [6.45, 7) is 3.51. The Labute approximate surface area is 144 Å². The van der Waals surface area contributed by atoms with Crippen LogP contribution >= 0.6 is 11.8 Å². The third-order valence-electron chi connectivity index (χ3n) is 4.01. The standard InChI is InChI=1S/C18H18N2O3S/c1-12-2-5-15(6-3-12)24-11-14-4-7-16(22-14)18-19-17(20-23-18)13-8-9-21-10-13/h2-7,13H,8-11H2,1H3/t13-/m0/s1. The number of thioether (sulfide) groups is 1. The van der Waals surface area contributed by atoms with Crippen molar-refractivity contribution in [3.05, 3.63) is 53.5 Å². The van der Waals surface area contributed by atoms with Gasteiger partial charge in [-0.2, -0.15) is 4.98 Å². The zero-order valence-electron chi connectivity index (χ0n) is 13.4. The monoisotopic (exact) mass is 342 g/mol. The molecule has 0 N–H and O–H groups in total. The van der Waals surface area contributed by atoms with Crippen LogP contribution in [-0.2, 0) is 10.5 Å². The molecule has 0 aliphatic carbocycles. The molecular formula is C18H18N2O3S. The first-order chi connectivity index (χ1) is 11.8. The molecule has 1 fully saturated rings. The van der Waals surface area contributed by atoms with Gasteiger partial charge in [0.2, 0.25) is 0 Å². The Morgan fingerprint density at radius 2 is 2.04 bits per heavy atom. The van der Waals surface area contributed by atoms with Gasteiger partial charge >= 0.3 is 0 Å². The highest BCUT2D eigenvalue weighted by Crippen LogP contribution is 2.29. The van der Waals surface area contributed by atoms with Crippen LogP contribution in [0.4, 0.5) is 0 Å². The predicted molar refractivity (Wildman–Crippen MR) is 90.9 cm³/mol. The molecule has 0 bridgehead atoms. The summed E-state index contributed by atoms with van der Waals surface area (Å²) in [6, 6.07) is 12.3. The fraction of sp³-hybridized carbons (Fsp3) is 0.333. The van der Waals surface area contributed by atoms with Crippen molar-refractivity contribution >= 4 is 11.8 Å². The molecule has 1 atom stereocenters. The second-order valence-electron chi connectivity index (χ2n) is 5.89. The number of ether oxygens (including phenoxy) is 1. The molecule has 1 aromatic carbocycles. The van der Waals surface area contributed by atoms with E-state index < -0.39 is 0 Å². The smallest absolute Gasteiger partial charge is 0.293 e. The van der Waals surface area contributed by atoms with Crippen LogP contribution < -0.4 is 0 Å². The maximum absolute atomic E-state index is 5.84. The molecule has 6 heteroatoms. The Bertz CT molecular complexity index is 804. The molecule has 0 unspecified atom stereocenters. The Kier molecular flexibility index (Phi) is 4.40. The molecule has 124 valence electrons. The van der Waals surface area contributed by atoms with Crippen LogP contribution in [0.5, 0.6) is 0 Å². The van der Waals surface area contributed by atoms with Crippen LogP contribution in [0, 0.1) is 6.92 Å². The van der Waals surface area contributed by atoms with E-state index in [2.05, 4.69) is 41.3 Å². The average molecular weight is 342 g/mol. The molecule has 0 radical (unpaired) electrons. The molecule has 5 nitrogen and oxygen atoms in total. The first-order valence-corrected chi connectivity index (χ1v) is 8.96. The summed E-state index contributed by atoms with van der Waals surface area (Å²) >= 11 is 1.74. The van der Waals surface area contributed by atoms with Crippen LogP contribution in [0.1, 0.15) is 29.5 Å². The second-order valence-corrected chi connectivity index (χ2v) is 6.93. The van der Waals surface area contributed by atoms with Gasteiger partial charge in [0.25, 0.3) is 5.89 Å². The first-order valence-electron chi connectivity index (χ1n) is 7.98. The number of benzene rings is 1. The molecule has 0 saturated carbocycles. The number of furan rings is 1. The number of hydrogen-bond donors (Lipinski definition) is 0. The van der Waals surface area contributed by atoms with E-state index in [0.717, 1.165) is 24.5 Å². The lowest BCUT2D eigenvalue weighted by Gasteiger charge is -2.00. The van der Waals surface area contributed by atoms with Crippen molar-refractivity contribution in [3.8, 4) is 11.7 Å². The normalized spacial score (nSPS) is 17.5. The van der Waals surface area contributed by atoms with Gasteiger partial charge in [-0.15, -0.1) is 11.8 Å². The van der Waals surface area contributed by atoms with Crippen molar-refractivity contribution in [2.24, 2.45) is 0 Å². The van der Waals surface area contributed by atoms with E-state index >= 15 is 0 Å². The van der Waals surface area contributed by atoms with Crippen LogP contribution in [0.2, 0.25) is 0 Å². The van der Waals surface area contributed by atoms with Crippen LogP contribution in [0.25, 0.3) is 11.7 Å². The molecular weight excluding hydrogens is 324 g/mol. The minimum Gasteiger partial charge on any atom is -0.455 e. The molecule has 4 rings (SSSR count). The van der Waals surface area contributed by atoms with Gasteiger partial charge in [-0.25, -0.2) is 0 Å². The van der Waals surface area contributed by atoms with E-state index in [4.69, 9.17) is 13.7 Å². The largest absolute Gasteiger partial charge is 0.455 e. The lowest BCUT2D eigenvalue weighted by atomic mass is 10.1. The maximum atomic E-state index is 5.84. The number of aryl methyl sites for hydroxylation is 1. The van der Waals surface area contributed by atoms with Crippen molar-refractivity contribution in [2.75, 3.05) is 13.2 Å². The number of aromatic nitrogens is 2. The van der Waals surface area contributed by atoms with E-state index in [1.165, 1.54) is 10.5 Å². The molecule has 3 heterocycles. The quantitative estimate of drug-likeness (QED) is 0.639. The van der Waals surface area contributed by atoms with Crippen molar-refractivity contribution in [1.29, 1.82) is 0 Å². The lowest BCUT2D eigenvalue weighted by Crippen LogP contribution is -1.99. The summed E-state index contributed by atoms with van der Waals surface area (Å²) < 4.78 is 16.5. The van der Waals surface area contributed by atoms with Crippen molar-refractivity contribution in [1.82, 2.24) is 10.1 Å². The highest BCUT2D eigenvalue weighted by molar-refractivity contribution is 7.98. The highest BCUT2D eigenvalue weighted by Gasteiger charge is 2.24. The summed E-state index contributed by atoms with van der Waals surface area (Å²) in [7, 11) is 0. The molecule has 1 aliphatic rings. The summed E-state index contributed by atoms with van der Waals surface area (Å²) in [5.41, 5.74) is 1.26. The van der Waals surface area contributed by atoms with Gasteiger partial charge in [0.15, 0.2) is 11.6 Å². The summed E-state index contributed by atoms with van der Waals surface area (Å²) in [5.74, 6) is 3.64. The Hall–Kier alpha value is -2.05. The van der Waals surface area contributed by atoms with E-state index in [-0.39, 0.29) is 5.92 Å². The molecule has 0 amide bonds. The lowest BCUT2D eigenvalue weighted by molar-refractivity contribution is 0.192. The highest BCUT2D eigenvalue weighted by atomic mass is 32.2. The van der Waals surface area contributed by atoms with E-state index in [0.29, 0.717) is 24.1 Å². The number of rotatable bonds is 5. The third kappa shape index (κ3) is 3.39. The minimum atomic E-state index is 0.231. The second kappa shape index (κ2) is 6.83. The molecule has 0 spiro atoms. The van der Waals surface area contributed by atoms with Gasteiger partial charge in [-0.3, -0.25) is 0 Å².